The summed E-state index contributed by atoms with van der Waals surface area (Å²) in [5.41, 5.74) is 0.958. The molecule has 0 heterocycles. The van der Waals surface area contributed by atoms with Gasteiger partial charge in [0.25, 0.3) is 0 Å². The van der Waals surface area contributed by atoms with Crippen molar-refractivity contribution >= 4 is 0 Å². The Balaban J connectivity index is 2.71. The van der Waals surface area contributed by atoms with Crippen molar-refractivity contribution in [2.75, 3.05) is 0 Å². The molecule has 0 aliphatic heterocycles. The third-order valence-corrected chi connectivity index (χ3v) is 1.45. The van der Waals surface area contributed by atoms with Crippen LogP contribution in [0.1, 0.15) is 19.4 Å². The lowest BCUT2D eigenvalue weighted by Gasteiger charge is -2.02. The van der Waals surface area contributed by atoms with Gasteiger partial charge in [0.2, 0.25) is 0 Å². The highest BCUT2D eigenvalue weighted by Crippen LogP contribution is 2.08. The molecule has 1 radical (unpaired) electrons. The van der Waals surface area contributed by atoms with Crippen molar-refractivity contribution in [3.63, 3.8) is 0 Å². The van der Waals surface area contributed by atoms with Gasteiger partial charge in [0.05, 0.1) is 0 Å². The normalized spacial score (nSPS) is 10.5. The van der Waals surface area contributed by atoms with E-state index in [1.54, 1.807) is 12.1 Å². The minimum absolute atomic E-state index is 0.167. The number of benzene rings is 1. The van der Waals surface area contributed by atoms with E-state index in [4.69, 9.17) is 0 Å². The van der Waals surface area contributed by atoms with Crippen LogP contribution in [-0.2, 0) is 6.42 Å². The van der Waals surface area contributed by atoms with Gasteiger partial charge in [0.15, 0.2) is 0 Å². The standard InChI is InChI=1S/C10H12F/c1-8(2)6-9-4-3-5-10(11)7-9/h3,5,7-8H,6H2,1-2H3. The summed E-state index contributed by atoms with van der Waals surface area (Å²) in [6.07, 6.45) is 0.901. The Morgan fingerprint density at radius 3 is 2.82 bits per heavy atom. The summed E-state index contributed by atoms with van der Waals surface area (Å²) in [7, 11) is 0. The van der Waals surface area contributed by atoms with E-state index in [9.17, 15) is 4.39 Å². The van der Waals surface area contributed by atoms with Crippen molar-refractivity contribution < 1.29 is 4.39 Å². The van der Waals surface area contributed by atoms with Crippen LogP contribution in [0.15, 0.2) is 18.2 Å². The van der Waals surface area contributed by atoms with Crippen LogP contribution in [0.25, 0.3) is 0 Å². The molecule has 59 valence electrons. The molecule has 1 heteroatoms. The van der Waals surface area contributed by atoms with Crippen LogP contribution >= 0.6 is 0 Å². The molecule has 0 saturated carbocycles. The van der Waals surface area contributed by atoms with Crippen molar-refractivity contribution in [1.82, 2.24) is 0 Å². The second-order valence-electron chi connectivity index (χ2n) is 3.13. The summed E-state index contributed by atoms with van der Waals surface area (Å²) in [5, 5.41) is 0. The maximum Gasteiger partial charge on any atom is 0.123 e. The molecule has 1 aromatic carbocycles. The van der Waals surface area contributed by atoms with Gasteiger partial charge in [-0.15, -0.1) is 0 Å². The maximum absolute atomic E-state index is 12.6. The average molecular weight is 151 g/mol. The average Bonchev–Trinajstić information content (AvgIpc) is 1.85. The molecule has 0 nitrogen and oxygen atoms in total. The first-order valence-corrected chi connectivity index (χ1v) is 3.84. The third-order valence-electron chi connectivity index (χ3n) is 1.45. The number of halogens is 1. The van der Waals surface area contributed by atoms with E-state index < -0.39 is 0 Å². The van der Waals surface area contributed by atoms with Gasteiger partial charge < -0.3 is 0 Å². The quantitative estimate of drug-likeness (QED) is 0.609. The minimum atomic E-state index is -0.167. The van der Waals surface area contributed by atoms with Gasteiger partial charge in [0, 0.05) is 0 Å². The van der Waals surface area contributed by atoms with Crippen molar-refractivity contribution in [3.05, 3.63) is 35.6 Å². The molecule has 0 N–H and O–H groups in total. The Labute approximate surface area is 67.1 Å². The number of hydrogen-bond acceptors (Lipinski definition) is 0. The summed E-state index contributed by atoms with van der Waals surface area (Å²) in [6.45, 7) is 4.22. The van der Waals surface area contributed by atoms with Crippen molar-refractivity contribution in [2.45, 2.75) is 20.3 Å². The van der Waals surface area contributed by atoms with Gasteiger partial charge >= 0.3 is 0 Å². The lowest BCUT2D eigenvalue weighted by molar-refractivity contribution is 0.612. The summed E-state index contributed by atoms with van der Waals surface area (Å²) in [4.78, 5) is 0. The van der Waals surface area contributed by atoms with Gasteiger partial charge in [-0.2, -0.15) is 0 Å². The molecule has 0 atom stereocenters. The molecule has 0 unspecified atom stereocenters. The zero-order valence-corrected chi connectivity index (χ0v) is 6.89. The van der Waals surface area contributed by atoms with Crippen LogP contribution in [-0.4, -0.2) is 0 Å². The smallest absolute Gasteiger partial charge is 0.123 e. The fourth-order valence-electron chi connectivity index (χ4n) is 1.04. The number of hydrogen-bond donors (Lipinski definition) is 0. The molecule has 0 fully saturated rings. The Morgan fingerprint density at radius 2 is 2.27 bits per heavy atom. The first kappa shape index (κ1) is 8.25. The lowest BCUT2D eigenvalue weighted by Crippen LogP contribution is -1.94. The molecular weight excluding hydrogens is 139 g/mol. The predicted molar refractivity (Wildman–Crippen MR) is 43.8 cm³/mol. The Kier molecular flexibility index (Phi) is 2.64. The van der Waals surface area contributed by atoms with E-state index in [1.807, 2.05) is 0 Å². The Morgan fingerprint density at radius 1 is 1.55 bits per heavy atom. The van der Waals surface area contributed by atoms with E-state index in [0.29, 0.717) is 5.92 Å². The topological polar surface area (TPSA) is 0 Å². The number of rotatable bonds is 2. The van der Waals surface area contributed by atoms with Crippen LogP contribution in [0.5, 0.6) is 0 Å². The molecule has 0 amide bonds. The summed E-state index contributed by atoms with van der Waals surface area (Å²) in [6, 6.07) is 7.59. The van der Waals surface area contributed by atoms with Crippen LogP contribution in [0.3, 0.4) is 0 Å². The molecular formula is C10H12F. The van der Waals surface area contributed by atoms with Crippen molar-refractivity contribution in [2.24, 2.45) is 5.92 Å². The molecule has 0 aliphatic rings. The van der Waals surface area contributed by atoms with Gasteiger partial charge in [-0.05, 0) is 36.1 Å². The molecule has 0 spiro atoms. The molecule has 0 aliphatic carbocycles. The van der Waals surface area contributed by atoms with Gasteiger partial charge in [-0.25, -0.2) is 4.39 Å². The largest absolute Gasteiger partial charge is 0.207 e. The van der Waals surface area contributed by atoms with Crippen molar-refractivity contribution in [3.8, 4) is 0 Å². The minimum Gasteiger partial charge on any atom is -0.207 e. The highest BCUT2D eigenvalue weighted by molar-refractivity contribution is 5.14. The highest BCUT2D eigenvalue weighted by atomic mass is 19.1. The lowest BCUT2D eigenvalue weighted by atomic mass is 10.0. The second-order valence-corrected chi connectivity index (χ2v) is 3.13. The molecule has 11 heavy (non-hydrogen) atoms. The fraction of sp³-hybridized carbons (Fsp3) is 0.400. The van der Waals surface area contributed by atoms with E-state index in [-0.39, 0.29) is 5.82 Å². The molecule has 0 aromatic heterocycles. The molecule has 0 saturated heterocycles. The van der Waals surface area contributed by atoms with E-state index in [1.165, 1.54) is 6.07 Å². The van der Waals surface area contributed by atoms with Crippen molar-refractivity contribution in [1.29, 1.82) is 0 Å². The van der Waals surface area contributed by atoms with E-state index >= 15 is 0 Å². The van der Waals surface area contributed by atoms with Crippen LogP contribution in [0.4, 0.5) is 4.39 Å². The molecule has 1 rings (SSSR count). The molecule has 0 bridgehead atoms. The monoisotopic (exact) mass is 151 g/mol. The summed E-state index contributed by atoms with van der Waals surface area (Å²) >= 11 is 0. The van der Waals surface area contributed by atoms with Crippen LogP contribution in [0.2, 0.25) is 0 Å². The Bertz CT molecular complexity index is 228. The highest BCUT2D eigenvalue weighted by Gasteiger charge is 1.98. The summed E-state index contributed by atoms with van der Waals surface area (Å²) < 4.78 is 12.6. The van der Waals surface area contributed by atoms with Gasteiger partial charge in [-0.3, -0.25) is 0 Å². The summed E-state index contributed by atoms with van der Waals surface area (Å²) in [5.74, 6) is 0.396. The van der Waals surface area contributed by atoms with E-state index in [0.717, 1.165) is 12.0 Å². The third kappa shape index (κ3) is 2.71. The first-order chi connectivity index (χ1) is 5.18. The van der Waals surface area contributed by atoms with Gasteiger partial charge in [0.1, 0.15) is 5.82 Å². The zero-order valence-electron chi connectivity index (χ0n) is 6.89. The second kappa shape index (κ2) is 3.51. The van der Waals surface area contributed by atoms with Crippen LogP contribution < -0.4 is 0 Å². The fourth-order valence-corrected chi connectivity index (χ4v) is 1.04. The SMILES string of the molecule is CC(C)Cc1[c]ccc(F)c1. The molecule has 1 aromatic rings. The Hall–Kier alpha value is -0.850. The van der Waals surface area contributed by atoms with Gasteiger partial charge in [-0.1, -0.05) is 19.9 Å². The van der Waals surface area contributed by atoms with Crippen LogP contribution in [0, 0.1) is 17.8 Å². The van der Waals surface area contributed by atoms with E-state index in [2.05, 4.69) is 19.9 Å². The first-order valence-electron chi connectivity index (χ1n) is 3.84. The maximum atomic E-state index is 12.6. The zero-order chi connectivity index (χ0) is 8.27. The predicted octanol–water partition coefficient (Wildman–Crippen LogP) is 2.82.